The molecule has 1 aromatic carbocycles. The standard InChI is InChI=1S/C18H21NO4S/c1-13(15-8-10-24-12-15)18(22)19-11-14-4-6-16(7-5-14)23-9-2-3-17(20)21/h4-8,10,12-13H,2-3,9,11H2,1H3,(H,19,22)(H,20,21). The highest BCUT2D eigenvalue weighted by atomic mass is 32.1. The average molecular weight is 347 g/mol. The van der Waals surface area contributed by atoms with Crippen LogP contribution in [0.15, 0.2) is 41.1 Å². The van der Waals surface area contributed by atoms with E-state index in [9.17, 15) is 9.59 Å². The summed E-state index contributed by atoms with van der Waals surface area (Å²) >= 11 is 1.58. The first-order valence-electron chi connectivity index (χ1n) is 7.79. The molecule has 1 aromatic heterocycles. The predicted octanol–water partition coefficient (Wildman–Crippen LogP) is 3.41. The monoisotopic (exact) mass is 347 g/mol. The Labute approximate surface area is 145 Å². The number of nitrogens with one attached hydrogen (secondary N) is 1. The first-order chi connectivity index (χ1) is 11.6. The molecule has 0 aliphatic carbocycles. The van der Waals surface area contributed by atoms with Gasteiger partial charge in [-0.2, -0.15) is 11.3 Å². The van der Waals surface area contributed by atoms with E-state index < -0.39 is 5.97 Å². The number of aliphatic carboxylic acids is 1. The summed E-state index contributed by atoms with van der Waals surface area (Å²) in [5, 5.41) is 15.4. The summed E-state index contributed by atoms with van der Waals surface area (Å²) in [5.41, 5.74) is 2.02. The van der Waals surface area contributed by atoms with Crippen molar-refractivity contribution in [3.8, 4) is 5.75 Å². The first-order valence-corrected chi connectivity index (χ1v) is 8.74. The summed E-state index contributed by atoms with van der Waals surface area (Å²) in [5.74, 6) is -0.279. The molecule has 0 saturated heterocycles. The molecule has 6 heteroatoms. The van der Waals surface area contributed by atoms with Crippen molar-refractivity contribution in [3.05, 3.63) is 52.2 Å². The summed E-state index contributed by atoms with van der Waals surface area (Å²) in [6.45, 7) is 2.73. The average Bonchev–Trinajstić information content (AvgIpc) is 3.11. The van der Waals surface area contributed by atoms with Crippen molar-refractivity contribution < 1.29 is 19.4 Å². The maximum atomic E-state index is 12.1. The number of carbonyl (C=O) groups excluding carboxylic acids is 1. The maximum absolute atomic E-state index is 12.1. The molecule has 0 spiro atoms. The largest absolute Gasteiger partial charge is 0.494 e. The lowest BCUT2D eigenvalue weighted by Gasteiger charge is -2.11. The van der Waals surface area contributed by atoms with Gasteiger partial charge in [0.15, 0.2) is 0 Å². The molecule has 1 heterocycles. The number of hydrogen-bond acceptors (Lipinski definition) is 4. The van der Waals surface area contributed by atoms with E-state index in [1.54, 1.807) is 11.3 Å². The number of hydrogen-bond donors (Lipinski definition) is 2. The number of rotatable bonds is 9. The zero-order valence-corrected chi connectivity index (χ0v) is 14.3. The number of carboxylic acid groups (broad SMARTS) is 1. The Morgan fingerprint density at radius 1 is 1.25 bits per heavy atom. The Kier molecular flexibility index (Phi) is 6.81. The second kappa shape index (κ2) is 9.08. The van der Waals surface area contributed by atoms with E-state index >= 15 is 0 Å². The van der Waals surface area contributed by atoms with Gasteiger partial charge in [-0.15, -0.1) is 0 Å². The minimum absolute atomic E-state index is 0.00222. The van der Waals surface area contributed by atoms with Crippen LogP contribution in [-0.4, -0.2) is 23.6 Å². The Morgan fingerprint density at radius 3 is 2.62 bits per heavy atom. The first kappa shape index (κ1) is 18.0. The van der Waals surface area contributed by atoms with E-state index in [1.807, 2.05) is 48.0 Å². The number of amides is 1. The third-order valence-electron chi connectivity index (χ3n) is 3.63. The fraction of sp³-hybridized carbons (Fsp3) is 0.333. The van der Waals surface area contributed by atoms with Crippen LogP contribution in [0.25, 0.3) is 0 Å². The molecule has 1 amide bonds. The molecule has 24 heavy (non-hydrogen) atoms. The zero-order chi connectivity index (χ0) is 17.4. The van der Waals surface area contributed by atoms with Crippen LogP contribution in [0, 0.1) is 0 Å². The fourth-order valence-corrected chi connectivity index (χ4v) is 2.89. The van der Waals surface area contributed by atoms with Gasteiger partial charge in [0.1, 0.15) is 5.75 Å². The summed E-state index contributed by atoms with van der Waals surface area (Å²) in [6, 6.07) is 9.39. The highest BCUT2D eigenvalue weighted by Crippen LogP contribution is 2.18. The van der Waals surface area contributed by atoms with E-state index in [4.69, 9.17) is 9.84 Å². The molecule has 0 radical (unpaired) electrons. The molecule has 1 unspecified atom stereocenters. The van der Waals surface area contributed by atoms with Gasteiger partial charge in [0.25, 0.3) is 0 Å². The van der Waals surface area contributed by atoms with Crippen LogP contribution in [0.4, 0.5) is 0 Å². The minimum Gasteiger partial charge on any atom is -0.494 e. The number of carbonyl (C=O) groups is 2. The van der Waals surface area contributed by atoms with E-state index in [-0.39, 0.29) is 18.2 Å². The molecule has 5 nitrogen and oxygen atoms in total. The molecule has 0 bridgehead atoms. The van der Waals surface area contributed by atoms with Gasteiger partial charge in [-0.05, 0) is 53.4 Å². The summed E-state index contributed by atoms with van der Waals surface area (Å²) in [6.07, 6.45) is 0.583. The molecular weight excluding hydrogens is 326 g/mol. The van der Waals surface area contributed by atoms with E-state index in [0.717, 1.165) is 11.1 Å². The number of ether oxygens (including phenoxy) is 1. The third kappa shape index (κ3) is 5.70. The van der Waals surface area contributed by atoms with Crippen molar-refractivity contribution in [1.29, 1.82) is 0 Å². The molecule has 1 atom stereocenters. The number of carboxylic acids is 1. The smallest absolute Gasteiger partial charge is 0.303 e. The molecule has 0 aliphatic heterocycles. The highest BCUT2D eigenvalue weighted by Gasteiger charge is 2.14. The van der Waals surface area contributed by atoms with Gasteiger partial charge >= 0.3 is 5.97 Å². The van der Waals surface area contributed by atoms with Gasteiger partial charge in [-0.1, -0.05) is 12.1 Å². The second-order valence-electron chi connectivity index (χ2n) is 5.49. The van der Waals surface area contributed by atoms with Crippen molar-refractivity contribution >= 4 is 23.2 Å². The van der Waals surface area contributed by atoms with Crippen LogP contribution in [0.2, 0.25) is 0 Å². The Hall–Kier alpha value is -2.34. The topological polar surface area (TPSA) is 75.6 Å². The van der Waals surface area contributed by atoms with Gasteiger partial charge in [0, 0.05) is 13.0 Å². The van der Waals surface area contributed by atoms with Crippen molar-refractivity contribution in [1.82, 2.24) is 5.32 Å². The molecule has 0 fully saturated rings. The molecular formula is C18H21NO4S. The maximum Gasteiger partial charge on any atom is 0.303 e. The summed E-state index contributed by atoms with van der Waals surface area (Å²) in [4.78, 5) is 22.5. The van der Waals surface area contributed by atoms with Gasteiger partial charge in [0.05, 0.1) is 12.5 Å². The van der Waals surface area contributed by atoms with Crippen LogP contribution in [0.1, 0.15) is 36.8 Å². The normalized spacial score (nSPS) is 11.7. The fourth-order valence-electron chi connectivity index (χ4n) is 2.13. The third-order valence-corrected chi connectivity index (χ3v) is 4.33. The lowest BCUT2D eigenvalue weighted by atomic mass is 10.0. The molecule has 0 aliphatic rings. The van der Waals surface area contributed by atoms with Gasteiger partial charge in [-0.3, -0.25) is 9.59 Å². The van der Waals surface area contributed by atoms with E-state index in [0.29, 0.717) is 25.3 Å². The number of thiophene rings is 1. The highest BCUT2D eigenvalue weighted by molar-refractivity contribution is 7.08. The van der Waals surface area contributed by atoms with Gasteiger partial charge in [-0.25, -0.2) is 0 Å². The van der Waals surface area contributed by atoms with Crippen molar-refractivity contribution in [3.63, 3.8) is 0 Å². The van der Waals surface area contributed by atoms with Crippen LogP contribution < -0.4 is 10.1 Å². The van der Waals surface area contributed by atoms with E-state index in [2.05, 4.69) is 5.32 Å². The molecule has 0 saturated carbocycles. The Bertz CT molecular complexity index is 652. The summed E-state index contributed by atoms with van der Waals surface area (Å²) < 4.78 is 5.47. The molecule has 128 valence electrons. The van der Waals surface area contributed by atoms with Gasteiger partial charge in [0.2, 0.25) is 5.91 Å². The van der Waals surface area contributed by atoms with Crippen LogP contribution in [0.3, 0.4) is 0 Å². The Balaban J connectivity index is 1.75. The molecule has 2 aromatic rings. The Morgan fingerprint density at radius 2 is 2.00 bits per heavy atom. The minimum atomic E-state index is -0.818. The zero-order valence-electron chi connectivity index (χ0n) is 13.5. The van der Waals surface area contributed by atoms with Crippen molar-refractivity contribution in [2.75, 3.05) is 6.61 Å². The van der Waals surface area contributed by atoms with Crippen molar-refractivity contribution in [2.45, 2.75) is 32.2 Å². The molecule has 2 rings (SSSR count). The quantitative estimate of drug-likeness (QED) is 0.682. The van der Waals surface area contributed by atoms with Crippen LogP contribution >= 0.6 is 11.3 Å². The van der Waals surface area contributed by atoms with Crippen LogP contribution in [0.5, 0.6) is 5.75 Å². The molecule has 2 N–H and O–H groups in total. The predicted molar refractivity (Wildman–Crippen MR) is 93.4 cm³/mol. The van der Waals surface area contributed by atoms with Gasteiger partial charge < -0.3 is 15.2 Å². The van der Waals surface area contributed by atoms with Crippen LogP contribution in [-0.2, 0) is 16.1 Å². The number of benzene rings is 1. The van der Waals surface area contributed by atoms with E-state index in [1.165, 1.54) is 0 Å². The SMILES string of the molecule is CC(C(=O)NCc1ccc(OCCCC(=O)O)cc1)c1ccsc1. The lowest BCUT2D eigenvalue weighted by Crippen LogP contribution is -2.27. The lowest BCUT2D eigenvalue weighted by molar-refractivity contribution is -0.137. The van der Waals surface area contributed by atoms with Crippen molar-refractivity contribution in [2.24, 2.45) is 0 Å². The summed E-state index contributed by atoms with van der Waals surface area (Å²) in [7, 11) is 0. The second-order valence-corrected chi connectivity index (χ2v) is 6.27.